The molecule has 2 rings (SSSR count). The van der Waals surface area contributed by atoms with Gasteiger partial charge in [0, 0.05) is 29.9 Å². The van der Waals surface area contributed by atoms with Gasteiger partial charge < -0.3 is 10.6 Å². The van der Waals surface area contributed by atoms with Gasteiger partial charge in [-0.3, -0.25) is 19.7 Å². The number of hydrogen-bond donors (Lipinski definition) is 2. The summed E-state index contributed by atoms with van der Waals surface area (Å²) < 4.78 is 0. The van der Waals surface area contributed by atoms with E-state index in [2.05, 4.69) is 10.6 Å². The zero-order chi connectivity index (χ0) is 17.7. The van der Waals surface area contributed by atoms with Gasteiger partial charge in [-0.25, -0.2) is 0 Å². The number of nitro groups is 1. The Bertz CT molecular complexity index is 790. The van der Waals surface area contributed by atoms with Gasteiger partial charge in [0.1, 0.15) is 0 Å². The van der Waals surface area contributed by atoms with E-state index in [1.807, 2.05) is 0 Å². The molecule has 2 aromatic rings. The predicted molar refractivity (Wildman–Crippen MR) is 91.4 cm³/mol. The fourth-order valence-corrected chi connectivity index (χ4v) is 2.09. The number of benzene rings is 2. The summed E-state index contributed by atoms with van der Waals surface area (Å²) in [6.45, 7) is 1.74. The fraction of sp³-hybridized carbons (Fsp3) is 0.125. The Morgan fingerprint density at radius 3 is 2.21 bits per heavy atom. The summed E-state index contributed by atoms with van der Waals surface area (Å²) in [7, 11) is 0. The largest absolute Gasteiger partial charge is 0.326 e. The molecule has 0 heterocycles. The molecule has 7 nitrogen and oxygen atoms in total. The summed E-state index contributed by atoms with van der Waals surface area (Å²) >= 11 is 5.93. The monoisotopic (exact) mass is 347 g/mol. The van der Waals surface area contributed by atoms with E-state index in [-0.39, 0.29) is 22.2 Å². The molecule has 0 aromatic heterocycles. The molecular weight excluding hydrogens is 334 g/mol. The molecule has 24 heavy (non-hydrogen) atoms. The zero-order valence-corrected chi connectivity index (χ0v) is 13.5. The van der Waals surface area contributed by atoms with Crippen molar-refractivity contribution in [1.82, 2.24) is 0 Å². The molecule has 0 fully saturated rings. The Morgan fingerprint density at radius 2 is 1.67 bits per heavy atom. The lowest BCUT2D eigenvalue weighted by Crippen LogP contribution is -2.13. The van der Waals surface area contributed by atoms with E-state index in [1.54, 1.807) is 31.2 Å². The minimum atomic E-state index is -0.599. The maximum atomic E-state index is 12.2. The number of amides is 2. The molecule has 0 saturated carbocycles. The Kier molecular flexibility index (Phi) is 5.49. The summed E-state index contributed by atoms with van der Waals surface area (Å²) in [5, 5.41) is 16.2. The maximum Gasteiger partial charge on any atom is 0.270 e. The van der Waals surface area contributed by atoms with Gasteiger partial charge in [0.25, 0.3) is 11.6 Å². The van der Waals surface area contributed by atoms with Crippen LogP contribution in [0.3, 0.4) is 0 Å². The van der Waals surface area contributed by atoms with Gasteiger partial charge in [0.05, 0.1) is 15.5 Å². The molecule has 0 aliphatic carbocycles. The molecule has 0 saturated heterocycles. The average Bonchev–Trinajstić information content (AvgIpc) is 2.56. The van der Waals surface area contributed by atoms with Gasteiger partial charge in [0.2, 0.25) is 5.91 Å². The number of nitrogens with zero attached hydrogens (tertiary/aromatic N) is 1. The number of nitrogens with one attached hydrogen (secondary N) is 2. The summed E-state index contributed by atoms with van der Waals surface area (Å²) in [4.78, 5) is 33.7. The molecule has 0 spiro atoms. The fourth-order valence-electron chi connectivity index (χ4n) is 1.89. The summed E-state index contributed by atoms with van der Waals surface area (Å²) in [6.07, 6.45) is 0.365. The van der Waals surface area contributed by atoms with Crippen LogP contribution in [0.4, 0.5) is 17.1 Å². The quantitative estimate of drug-likeness (QED) is 0.633. The first kappa shape index (κ1) is 17.4. The van der Waals surface area contributed by atoms with Crippen LogP contribution in [0, 0.1) is 10.1 Å². The van der Waals surface area contributed by atoms with Crippen LogP contribution in [-0.4, -0.2) is 16.7 Å². The second-order valence-corrected chi connectivity index (χ2v) is 5.26. The Labute approximate surface area is 142 Å². The van der Waals surface area contributed by atoms with E-state index in [0.29, 0.717) is 17.8 Å². The highest BCUT2D eigenvalue weighted by Gasteiger charge is 2.16. The minimum Gasteiger partial charge on any atom is -0.326 e. The topological polar surface area (TPSA) is 101 Å². The third kappa shape index (κ3) is 4.30. The number of anilines is 2. The van der Waals surface area contributed by atoms with Crippen LogP contribution in [0.1, 0.15) is 23.7 Å². The van der Waals surface area contributed by atoms with Crippen molar-refractivity contribution in [3.8, 4) is 0 Å². The van der Waals surface area contributed by atoms with Crippen molar-refractivity contribution in [1.29, 1.82) is 0 Å². The molecule has 2 amide bonds. The van der Waals surface area contributed by atoms with E-state index >= 15 is 0 Å². The van der Waals surface area contributed by atoms with Crippen molar-refractivity contribution < 1.29 is 14.5 Å². The van der Waals surface area contributed by atoms with Gasteiger partial charge in [-0.1, -0.05) is 18.5 Å². The predicted octanol–water partition coefficient (Wildman–Crippen LogP) is 3.85. The lowest BCUT2D eigenvalue weighted by atomic mass is 10.1. The lowest BCUT2D eigenvalue weighted by molar-refractivity contribution is -0.384. The average molecular weight is 348 g/mol. The van der Waals surface area contributed by atoms with Crippen LogP contribution in [0.25, 0.3) is 0 Å². The number of hydrogen-bond acceptors (Lipinski definition) is 4. The standard InChI is InChI=1S/C16H14ClN3O4/c1-2-15(21)18-10-3-5-11(6-4-10)19-16(22)13-9-12(20(23)24)7-8-14(13)17/h3-9H,2H2,1H3,(H,18,21)(H,19,22). The van der Waals surface area contributed by atoms with Gasteiger partial charge in [-0.15, -0.1) is 0 Å². The second-order valence-electron chi connectivity index (χ2n) is 4.85. The van der Waals surface area contributed by atoms with E-state index in [9.17, 15) is 19.7 Å². The van der Waals surface area contributed by atoms with Crippen LogP contribution in [-0.2, 0) is 4.79 Å². The molecule has 0 bridgehead atoms. The van der Waals surface area contributed by atoms with E-state index < -0.39 is 10.8 Å². The highest BCUT2D eigenvalue weighted by Crippen LogP contribution is 2.23. The van der Waals surface area contributed by atoms with Crippen molar-refractivity contribution in [2.45, 2.75) is 13.3 Å². The molecule has 0 aliphatic rings. The Morgan fingerprint density at radius 1 is 1.08 bits per heavy atom. The third-order valence-corrected chi connectivity index (χ3v) is 3.48. The smallest absolute Gasteiger partial charge is 0.270 e. The minimum absolute atomic E-state index is 0.00855. The lowest BCUT2D eigenvalue weighted by Gasteiger charge is -2.08. The number of carbonyl (C=O) groups is 2. The Hall–Kier alpha value is -2.93. The summed E-state index contributed by atoms with van der Waals surface area (Å²) in [5.74, 6) is -0.677. The summed E-state index contributed by atoms with van der Waals surface area (Å²) in [5.41, 5.74) is 0.863. The van der Waals surface area contributed by atoms with E-state index in [1.165, 1.54) is 12.1 Å². The number of nitro benzene ring substituents is 1. The van der Waals surface area contributed by atoms with Gasteiger partial charge >= 0.3 is 0 Å². The summed E-state index contributed by atoms with van der Waals surface area (Å²) in [6, 6.07) is 10.1. The maximum absolute atomic E-state index is 12.2. The third-order valence-electron chi connectivity index (χ3n) is 3.15. The van der Waals surface area contributed by atoms with Crippen molar-refractivity contribution in [3.63, 3.8) is 0 Å². The molecule has 8 heteroatoms. The van der Waals surface area contributed by atoms with Crippen molar-refractivity contribution in [2.24, 2.45) is 0 Å². The molecular formula is C16H14ClN3O4. The van der Waals surface area contributed by atoms with Crippen LogP contribution in [0.2, 0.25) is 5.02 Å². The van der Waals surface area contributed by atoms with Crippen molar-refractivity contribution in [2.75, 3.05) is 10.6 Å². The molecule has 2 aromatic carbocycles. The number of carbonyl (C=O) groups excluding carboxylic acids is 2. The molecule has 0 unspecified atom stereocenters. The molecule has 2 N–H and O–H groups in total. The number of non-ortho nitro benzene ring substituents is 1. The molecule has 0 atom stereocenters. The first-order chi connectivity index (χ1) is 11.4. The van der Waals surface area contributed by atoms with Crippen LogP contribution < -0.4 is 10.6 Å². The molecule has 0 aliphatic heterocycles. The van der Waals surface area contributed by atoms with Gasteiger partial charge in [0.15, 0.2) is 0 Å². The first-order valence-electron chi connectivity index (χ1n) is 7.06. The first-order valence-corrected chi connectivity index (χ1v) is 7.43. The molecule has 0 radical (unpaired) electrons. The van der Waals surface area contributed by atoms with Crippen LogP contribution >= 0.6 is 11.6 Å². The number of halogens is 1. The van der Waals surface area contributed by atoms with Gasteiger partial charge in [-0.05, 0) is 30.3 Å². The Balaban J connectivity index is 2.13. The van der Waals surface area contributed by atoms with Crippen LogP contribution in [0.5, 0.6) is 0 Å². The van der Waals surface area contributed by atoms with E-state index in [0.717, 1.165) is 6.07 Å². The highest BCUT2D eigenvalue weighted by molar-refractivity contribution is 6.34. The van der Waals surface area contributed by atoms with Crippen molar-refractivity contribution in [3.05, 3.63) is 63.2 Å². The van der Waals surface area contributed by atoms with Gasteiger partial charge in [-0.2, -0.15) is 0 Å². The zero-order valence-electron chi connectivity index (χ0n) is 12.7. The SMILES string of the molecule is CCC(=O)Nc1ccc(NC(=O)c2cc([N+](=O)[O-])ccc2Cl)cc1. The normalized spacial score (nSPS) is 10.1. The van der Waals surface area contributed by atoms with Crippen molar-refractivity contribution >= 4 is 40.5 Å². The highest BCUT2D eigenvalue weighted by atomic mass is 35.5. The van der Waals surface area contributed by atoms with E-state index in [4.69, 9.17) is 11.6 Å². The number of rotatable bonds is 5. The molecule has 124 valence electrons. The van der Waals surface area contributed by atoms with Crippen LogP contribution in [0.15, 0.2) is 42.5 Å². The second kappa shape index (κ2) is 7.56.